The summed E-state index contributed by atoms with van der Waals surface area (Å²) >= 11 is 0. The highest BCUT2D eigenvalue weighted by molar-refractivity contribution is 5.15. The molecule has 0 aromatic heterocycles. The minimum Gasteiger partial charge on any atom is -0.330 e. The van der Waals surface area contributed by atoms with Gasteiger partial charge in [-0.2, -0.15) is 0 Å². The first-order valence-electron chi connectivity index (χ1n) is 7.96. The molecule has 0 heterocycles. The minimum atomic E-state index is -0.156. The molecular weight excluding hydrogens is 263 g/mol. The van der Waals surface area contributed by atoms with Gasteiger partial charge in [0.15, 0.2) is 0 Å². The van der Waals surface area contributed by atoms with Crippen LogP contribution in [0.1, 0.15) is 45.6 Å². The first-order valence-corrected chi connectivity index (χ1v) is 7.96. The Morgan fingerprint density at radius 2 is 1.95 bits per heavy atom. The van der Waals surface area contributed by atoms with Gasteiger partial charge in [0, 0.05) is 6.54 Å². The summed E-state index contributed by atoms with van der Waals surface area (Å²) in [5.74, 6) is 0.515. The number of hydrogen-bond acceptors (Lipinski definition) is 2. The van der Waals surface area contributed by atoms with Crippen molar-refractivity contribution in [3.8, 4) is 0 Å². The van der Waals surface area contributed by atoms with Crippen LogP contribution in [-0.4, -0.2) is 25.0 Å². The van der Waals surface area contributed by atoms with Crippen molar-refractivity contribution in [2.24, 2.45) is 17.1 Å². The quantitative estimate of drug-likeness (QED) is 0.784. The predicted molar refractivity (Wildman–Crippen MR) is 88.6 cm³/mol. The third-order valence-electron chi connectivity index (χ3n) is 4.17. The van der Waals surface area contributed by atoms with Gasteiger partial charge in [0.05, 0.1) is 0 Å². The third-order valence-corrected chi connectivity index (χ3v) is 4.17. The molecule has 1 atom stereocenters. The van der Waals surface area contributed by atoms with Gasteiger partial charge in [0.25, 0.3) is 0 Å². The van der Waals surface area contributed by atoms with Gasteiger partial charge in [0.1, 0.15) is 5.82 Å². The van der Waals surface area contributed by atoms with Crippen LogP contribution in [-0.2, 0) is 6.54 Å². The van der Waals surface area contributed by atoms with Gasteiger partial charge >= 0.3 is 0 Å². The van der Waals surface area contributed by atoms with Crippen LogP contribution in [0.5, 0.6) is 0 Å². The van der Waals surface area contributed by atoms with E-state index in [1.165, 1.54) is 12.5 Å². The normalized spacial score (nSPS) is 13.7. The first kappa shape index (κ1) is 18.1. The van der Waals surface area contributed by atoms with E-state index in [-0.39, 0.29) is 5.82 Å². The van der Waals surface area contributed by atoms with E-state index in [0.717, 1.165) is 38.0 Å². The van der Waals surface area contributed by atoms with Crippen molar-refractivity contribution < 1.29 is 4.39 Å². The molecule has 0 aliphatic carbocycles. The summed E-state index contributed by atoms with van der Waals surface area (Å²) in [7, 11) is 2.10. The zero-order valence-corrected chi connectivity index (χ0v) is 14.0. The summed E-state index contributed by atoms with van der Waals surface area (Å²) in [5.41, 5.74) is 7.08. The number of nitrogens with two attached hydrogens (primary N) is 1. The summed E-state index contributed by atoms with van der Waals surface area (Å²) < 4.78 is 13.2. The molecule has 0 aliphatic heterocycles. The lowest BCUT2D eigenvalue weighted by Gasteiger charge is -2.31. The van der Waals surface area contributed by atoms with Gasteiger partial charge < -0.3 is 10.6 Å². The standard InChI is InChI=1S/C18H31FN2/c1-18(2,3)16(10-11-20)8-6-12-21(4)14-15-7-5-9-17(19)13-15/h5,7,9,13,16H,6,8,10-12,14,20H2,1-4H3. The Bertz CT molecular complexity index is 412. The van der Waals surface area contributed by atoms with Crippen molar-refractivity contribution >= 4 is 0 Å². The van der Waals surface area contributed by atoms with Crippen LogP contribution in [0.15, 0.2) is 24.3 Å². The first-order chi connectivity index (χ1) is 9.82. The maximum Gasteiger partial charge on any atom is 0.123 e. The Morgan fingerprint density at radius 1 is 1.24 bits per heavy atom. The highest BCUT2D eigenvalue weighted by atomic mass is 19.1. The summed E-state index contributed by atoms with van der Waals surface area (Å²) in [5, 5.41) is 0. The van der Waals surface area contributed by atoms with E-state index in [9.17, 15) is 4.39 Å². The molecule has 21 heavy (non-hydrogen) atoms. The van der Waals surface area contributed by atoms with Crippen molar-refractivity contribution in [1.29, 1.82) is 0 Å². The van der Waals surface area contributed by atoms with E-state index >= 15 is 0 Å². The van der Waals surface area contributed by atoms with E-state index in [2.05, 4.69) is 32.7 Å². The molecule has 0 saturated heterocycles. The van der Waals surface area contributed by atoms with Crippen molar-refractivity contribution in [1.82, 2.24) is 4.90 Å². The predicted octanol–water partition coefficient (Wildman–Crippen LogP) is 4.05. The lowest BCUT2D eigenvalue weighted by Crippen LogP contribution is -2.25. The Morgan fingerprint density at radius 3 is 2.52 bits per heavy atom. The van der Waals surface area contributed by atoms with Gasteiger partial charge in [0.2, 0.25) is 0 Å². The summed E-state index contributed by atoms with van der Waals surface area (Å²) in [6.07, 6.45) is 3.46. The van der Waals surface area contributed by atoms with Crippen LogP contribution in [0.2, 0.25) is 0 Å². The van der Waals surface area contributed by atoms with Crippen LogP contribution >= 0.6 is 0 Å². The summed E-state index contributed by atoms with van der Waals surface area (Å²) in [4.78, 5) is 2.26. The highest BCUT2D eigenvalue weighted by Gasteiger charge is 2.23. The van der Waals surface area contributed by atoms with Crippen LogP contribution < -0.4 is 5.73 Å². The highest BCUT2D eigenvalue weighted by Crippen LogP contribution is 2.32. The van der Waals surface area contributed by atoms with Crippen molar-refractivity contribution in [3.05, 3.63) is 35.6 Å². The molecule has 0 saturated carbocycles. The molecule has 0 bridgehead atoms. The van der Waals surface area contributed by atoms with E-state index in [4.69, 9.17) is 5.73 Å². The molecule has 0 radical (unpaired) electrons. The van der Waals surface area contributed by atoms with E-state index in [1.807, 2.05) is 6.07 Å². The minimum absolute atomic E-state index is 0.156. The lowest BCUT2D eigenvalue weighted by atomic mass is 9.76. The zero-order valence-electron chi connectivity index (χ0n) is 14.0. The third kappa shape index (κ3) is 7.05. The fourth-order valence-corrected chi connectivity index (χ4v) is 2.85. The second-order valence-electron chi connectivity index (χ2n) is 7.15. The smallest absolute Gasteiger partial charge is 0.123 e. The number of benzene rings is 1. The zero-order chi connectivity index (χ0) is 15.9. The molecular formula is C18H31FN2. The second-order valence-corrected chi connectivity index (χ2v) is 7.15. The summed E-state index contributed by atoms with van der Waals surface area (Å²) in [6.45, 7) is 9.49. The molecule has 0 aliphatic rings. The second kappa shape index (κ2) is 8.50. The van der Waals surface area contributed by atoms with Gasteiger partial charge in [-0.1, -0.05) is 32.9 Å². The molecule has 2 N–H and O–H groups in total. The monoisotopic (exact) mass is 294 g/mol. The molecule has 0 amide bonds. The van der Waals surface area contributed by atoms with Gasteiger partial charge in [-0.15, -0.1) is 0 Å². The molecule has 1 rings (SSSR count). The largest absolute Gasteiger partial charge is 0.330 e. The Hall–Kier alpha value is -0.930. The SMILES string of the molecule is CN(CCCC(CCN)C(C)(C)C)Cc1cccc(F)c1. The number of nitrogens with zero attached hydrogens (tertiary/aromatic N) is 1. The molecule has 3 heteroatoms. The lowest BCUT2D eigenvalue weighted by molar-refractivity contribution is 0.199. The molecule has 0 spiro atoms. The number of halogens is 1. The maximum atomic E-state index is 13.2. The molecule has 2 nitrogen and oxygen atoms in total. The fourth-order valence-electron chi connectivity index (χ4n) is 2.85. The number of rotatable bonds is 8. The average Bonchev–Trinajstić information content (AvgIpc) is 2.36. The average molecular weight is 294 g/mol. The van der Waals surface area contributed by atoms with Gasteiger partial charge in [-0.25, -0.2) is 4.39 Å². The molecule has 120 valence electrons. The topological polar surface area (TPSA) is 29.3 Å². The van der Waals surface area contributed by atoms with Crippen LogP contribution in [0.3, 0.4) is 0 Å². The van der Waals surface area contributed by atoms with E-state index in [0.29, 0.717) is 11.3 Å². The molecule has 1 aromatic rings. The maximum absolute atomic E-state index is 13.2. The Balaban J connectivity index is 2.37. The van der Waals surface area contributed by atoms with Crippen molar-refractivity contribution in [2.75, 3.05) is 20.1 Å². The van der Waals surface area contributed by atoms with E-state index < -0.39 is 0 Å². The van der Waals surface area contributed by atoms with Crippen molar-refractivity contribution in [3.63, 3.8) is 0 Å². The van der Waals surface area contributed by atoms with Crippen molar-refractivity contribution in [2.45, 2.75) is 46.6 Å². The summed E-state index contributed by atoms with van der Waals surface area (Å²) in [6, 6.07) is 6.86. The van der Waals surface area contributed by atoms with Crippen LogP contribution in [0.25, 0.3) is 0 Å². The fraction of sp³-hybridized carbons (Fsp3) is 0.667. The van der Waals surface area contributed by atoms with Crippen LogP contribution in [0, 0.1) is 17.2 Å². The molecule has 0 fully saturated rings. The molecule has 1 unspecified atom stereocenters. The van der Waals surface area contributed by atoms with Crippen LogP contribution in [0.4, 0.5) is 4.39 Å². The Kier molecular flexibility index (Phi) is 7.33. The number of hydrogen-bond donors (Lipinski definition) is 1. The van der Waals surface area contributed by atoms with E-state index in [1.54, 1.807) is 12.1 Å². The van der Waals surface area contributed by atoms with Gasteiger partial charge in [-0.05, 0) is 68.4 Å². The Labute approximate surface area is 129 Å². The van der Waals surface area contributed by atoms with Gasteiger partial charge in [-0.3, -0.25) is 0 Å². The molecule has 1 aromatic carbocycles.